The second-order valence-electron chi connectivity index (χ2n) is 9.15. The van der Waals surface area contributed by atoms with E-state index in [2.05, 4.69) is 25.2 Å². The molecule has 4 rings (SSSR count). The van der Waals surface area contributed by atoms with Crippen molar-refractivity contribution in [3.05, 3.63) is 23.8 Å². The maximum atomic E-state index is 12.4. The van der Waals surface area contributed by atoms with E-state index in [0.29, 0.717) is 18.8 Å². The Morgan fingerprint density at radius 1 is 1.32 bits per heavy atom. The standard InChI is InChI=1S/C21H30O4/c1-19-9-4-3-5-13(19)6-7-14-15-8-10-21(25,17(24)12-22)20(15,2)11-16(23)18(14)19/h4-5,9,14-16,18,22-23,25H,3,6-8,10-12H2,1-2H3/t14-,15-,16-,18+,19-,20-,21-/m0/s1. The molecular formula is C21H30O4. The lowest BCUT2D eigenvalue weighted by Crippen LogP contribution is -2.61. The van der Waals surface area contributed by atoms with Gasteiger partial charge < -0.3 is 15.3 Å². The number of carbonyl (C=O) groups excluding carboxylic acids is 1. The first-order chi connectivity index (χ1) is 11.8. The van der Waals surface area contributed by atoms with E-state index >= 15 is 0 Å². The van der Waals surface area contributed by atoms with Crippen LogP contribution in [0.2, 0.25) is 0 Å². The van der Waals surface area contributed by atoms with Crippen LogP contribution in [-0.4, -0.2) is 39.4 Å². The molecular weight excluding hydrogens is 316 g/mol. The lowest BCUT2D eigenvalue weighted by atomic mass is 9.46. The van der Waals surface area contributed by atoms with Gasteiger partial charge in [-0.05, 0) is 50.4 Å². The van der Waals surface area contributed by atoms with Crippen molar-refractivity contribution in [2.24, 2.45) is 28.6 Å². The number of rotatable bonds is 2. The molecule has 0 aliphatic heterocycles. The number of hydrogen-bond donors (Lipinski definition) is 3. The van der Waals surface area contributed by atoms with Crippen molar-refractivity contribution in [3.63, 3.8) is 0 Å². The summed E-state index contributed by atoms with van der Waals surface area (Å²) in [5.74, 6) is 0.186. The molecule has 138 valence electrons. The van der Waals surface area contributed by atoms with Crippen LogP contribution in [0.25, 0.3) is 0 Å². The third kappa shape index (κ3) is 2.08. The maximum absolute atomic E-state index is 12.4. The predicted molar refractivity (Wildman–Crippen MR) is 94.7 cm³/mol. The Kier molecular flexibility index (Phi) is 3.85. The first-order valence-corrected chi connectivity index (χ1v) is 9.70. The second kappa shape index (κ2) is 5.51. The van der Waals surface area contributed by atoms with Crippen LogP contribution in [0.5, 0.6) is 0 Å². The Bertz CT molecular complexity index is 652. The molecule has 7 atom stereocenters. The first-order valence-electron chi connectivity index (χ1n) is 9.70. The van der Waals surface area contributed by atoms with E-state index in [9.17, 15) is 20.1 Å². The van der Waals surface area contributed by atoms with Gasteiger partial charge in [0.2, 0.25) is 0 Å². The zero-order chi connectivity index (χ0) is 18.0. The number of ketones is 1. The Labute approximate surface area is 149 Å². The van der Waals surface area contributed by atoms with Gasteiger partial charge >= 0.3 is 0 Å². The van der Waals surface area contributed by atoms with E-state index in [1.807, 2.05) is 6.92 Å². The molecule has 0 spiro atoms. The Hall–Kier alpha value is -0.970. The van der Waals surface area contributed by atoms with E-state index in [1.165, 1.54) is 5.57 Å². The topological polar surface area (TPSA) is 77.8 Å². The molecule has 3 N–H and O–H groups in total. The number of fused-ring (bicyclic) bond motifs is 5. The van der Waals surface area contributed by atoms with Gasteiger partial charge in [0.25, 0.3) is 0 Å². The van der Waals surface area contributed by atoms with E-state index in [1.54, 1.807) is 0 Å². The average molecular weight is 346 g/mol. The second-order valence-corrected chi connectivity index (χ2v) is 9.15. The van der Waals surface area contributed by atoms with Crippen LogP contribution in [0.3, 0.4) is 0 Å². The fraction of sp³-hybridized carbons (Fsp3) is 0.762. The molecule has 4 aliphatic carbocycles. The van der Waals surface area contributed by atoms with Gasteiger partial charge in [0.05, 0.1) is 6.10 Å². The van der Waals surface area contributed by atoms with Gasteiger partial charge in [0.15, 0.2) is 5.78 Å². The van der Waals surface area contributed by atoms with Crippen molar-refractivity contribution in [1.29, 1.82) is 0 Å². The van der Waals surface area contributed by atoms with Crippen LogP contribution < -0.4 is 0 Å². The molecule has 0 aromatic carbocycles. The molecule has 0 radical (unpaired) electrons. The van der Waals surface area contributed by atoms with Crippen LogP contribution in [0.1, 0.15) is 52.4 Å². The van der Waals surface area contributed by atoms with Crippen molar-refractivity contribution >= 4 is 5.78 Å². The van der Waals surface area contributed by atoms with Gasteiger partial charge in [-0.1, -0.05) is 37.6 Å². The predicted octanol–water partition coefficient (Wildman–Crippen LogP) is 2.38. The maximum Gasteiger partial charge on any atom is 0.190 e. The van der Waals surface area contributed by atoms with Gasteiger partial charge in [-0.15, -0.1) is 0 Å². The van der Waals surface area contributed by atoms with Crippen LogP contribution >= 0.6 is 0 Å². The highest BCUT2D eigenvalue weighted by Crippen LogP contribution is 2.67. The molecule has 0 saturated heterocycles. The Morgan fingerprint density at radius 3 is 2.80 bits per heavy atom. The monoisotopic (exact) mass is 346 g/mol. The summed E-state index contributed by atoms with van der Waals surface area (Å²) in [6.45, 7) is 3.58. The van der Waals surface area contributed by atoms with Crippen molar-refractivity contribution < 1.29 is 20.1 Å². The third-order valence-electron chi connectivity index (χ3n) is 8.31. The van der Waals surface area contributed by atoms with Gasteiger partial charge in [-0.25, -0.2) is 0 Å². The normalized spacial score (nSPS) is 51.3. The largest absolute Gasteiger partial charge is 0.393 e. The average Bonchev–Trinajstić information content (AvgIpc) is 2.85. The molecule has 0 heterocycles. The number of allylic oxidation sites excluding steroid dienone is 4. The summed E-state index contributed by atoms with van der Waals surface area (Å²) in [7, 11) is 0. The van der Waals surface area contributed by atoms with Gasteiger partial charge in [0.1, 0.15) is 12.2 Å². The minimum atomic E-state index is -1.50. The molecule has 3 fully saturated rings. The summed E-state index contributed by atoms with van der Waals surface area (Å²) in [5.41, 5.74) is -0.816. The summed E-state index contributed by atoms with van der Waals surface area (Å²) < 4.78 is 0. The quantitative estimate of drug-likeness (QED) is 0.671. The summed E-state index contributed by atoms with van der Waals surface area (Å²) in [5, 5.41) is 31.7. The molecule has 4 heteroatoms. The van der Waals surface area contributed by atoms with E-state index in [4.69, 9.17) is 0 Å². The Balaban J connectivity index is 1.75. The van der Waals surface area contributed by atoms with E-state index in [-0.39, 0.29) is 17.3 Å². The summed E-state index contributed by atoms with van der Waals surface area (Å²) >= 11 is 0. The zero-order valence-corrected chi connectivity index (χ0v) is 15.2. The van der Waals surface area contributed by atoms with Crippen molar-refractivity contribution in [3.8, 4) is 0 Å². The van der Waals surface area contributed by atoms with Crippen LogP contribution in [-0.2, 0) is 4.79 Å². The highest BCUT2D eigenvalue weighted by molar-refractivity contribution is 5.89. The van der Waals surface area contributed by atoms with Crippen molar-refractivity contribution in [2.45, 2.75) is 64.1 Å². The lowest BCUT2D eigenvalue weighted by Gasteiger charge is -2.59. The third-order valence-corrected chi connectivity index (χ3v) is 8.31. The Morgan fingerprint density at radius 2 is 2.08 bits per heavy atom. The summed E-state index contributed by atoms with van der Waals surface area (Å²) in [6, 6.07) is 0. The summed E-state index contributed by atoms with van der Waals surface area (Å²) in [6.07, 6.45) is 10.9. The number of hydrogen-bond acceptors (Lipinski definition) is 4. The van der Waals surface area contributed by atoms with Crippen molar-refractivity contribution in [1.82, 2.24) is 0 Å². The van der Waals surface area contributed by atoms with Gasteiger partial charge in [-0.2, -0.15) is 0 Å². The minimum Gasteiger partial charge on any atom is -0.393 e. The molecule has 4 aliphatic rings. The molecule has 0 aromatic heterocycles. The van der Waals surface area contributed by atoms with Crippen molar-refractivity contribution in [2.75, 3.05) is 6.61 Å². The van der Waals surface area contributed by atoms with Crippen LogP contribution in [0.4, 0.5) is 0 Å². The number of Topliss-reactive ketones (excluding diaryl/α,β-unsaturated/α-hetero) is 1. The van der Waals surface area contributed by atoms with E-state index < -0.39 is 29.5 Å². The number of aliphatic hydroxyl groups is 3. The van der Waals surface area contributed by atoms with Gasteiger partial charge in [0, 0.05) is 16.7 Å². The molecule has 4 nitrogen and oxygen atoms in total. The first kappa shape index (κ1) is 17.4. The number of carbonyl (C=O) groups is 1. The van der Waals surface area contributed by atoms with Gasteiger partial charge in [-0.3, -0.25) is 4.79 Å². The molecule has 25 heavy (non-hydrogen) atoms. The summed E-state index contributed by atoms with van der Waals surface area (Å²) in [4.78, 5) is 12.4. The van der Waals surface area contributed by atoms with Crippen LogP contribution in [0, 0.1) is 28.6 Å². The molecule has 0 aromatic rings. The lowest BCUT2D eigenvalue weighted by molar-refractivity contribution is -0.178. The fourth-order valence-corrected chi connectivity index (χ4v) is 7.06. The van der Waals surface area contributed by atoms with Crippen LogP contribution in [0.15, 0.2) is 23.8 Å². The fourth-order valence-electron chi connectivity index (χ4n) is 7.06. The zero-order valence-electron chi connectivity index (χ0n) is 15.2. The highest BCUT2D eigenvalue weighted by Gasteiger charge is 2.67. The SMILES string of the molecule is C[C@]12C=CCC=C1CC[C@@H]1[C@@H]2[C@@H](O)C[C@@]2(C)[C@H]1CC[C@]2(O)C(=O)CO. The van der Waals surface area contributed by atoms with E-state index in [0.717, 1.165) is 25.7 Å². The minimum absolute atomic E-state index is 0.108. The molecule has 0 bridgehead atoms. The molecule has 0 unspecified atom stereocenters. The smallest absolute Gasteiger partial charge is 0.190 e. The molecule has 0 amide bonds. The molecule has 3 saturated carbocycles. The number of aliphatic hydroxyl groups excluding tert-OH is 2. The highest BCUT2D eigenvalue weighted by atomic mass is 16.3.